The molecular weight excluding hydrogens is 218 g/mol. The molecule has 0 aromatic rings. The molecule has 2 fully saturated rings. The third-order valence-corrected chi connectivity index (χ3v) is 3.77. The second-order valence-electron chi connectivity index (χ2n) is 5.12. The van der Waals surface area contributed by atoms with Crippen LogP contribution in [0.15, 0.2) is 0 Å². The van der Waals surface area contributed by atoms with Gasteiger partial charge < -0.3 is 10.1 Å². The van der Waals surface area contributed by atoms with Crippen LogP contribution in [-0.2, 0) is 14.3 Å². The third kappa shape index (κ3) is 3.72. The number of amides is 1. The third-order valence-electron chi connectivity index (χ3n) is 3.77. The number of hydrogen-bond donors (Lipinski definition) is 1. The van der Waals surface area contributed by atoms with Crippen LogP contribution in [0.3, 0.4) is 0 Å². The quantitative estimate of drug-likeness (QED) is 0.761. The van der Waals surface area contributed by atoms with Crippen molar-refractivity contribution in [1.29, 1.82) is 0 Å². The smallest absolute Gasteiger partial charge is 0.328 e. The van der Waals surface area contributed by atoms with E-state index < -0.39 is 6.04 Å². The Bertz CT molecular complexity index is 284. The van der Waals surface area contributed by atoms with Crippen molar-refractivity contribution in [3.8, 4) is 0 Å². The summed E-state index contributed by atoms with van der Waals surface area (Å²) in [5, 5.41) is 2.75. The van der Waals surface area contributed by atoms with Gasteiger partial charge in [0.1, 0.15) is 6.04 Å². The lowest BCUT2D eigenvalue weighted by atomic mass is 9.86. The molecule has 1 aliphatic carbocycles. The van der Waals surface area contributed by atoms with Crippen LogP contribution in [0.1, 0.15) is 51.4 Å². The van der Waals surface area contributed by atoms with E-state index in [0.29, 0.717) is 25.4 Å². The number of carbonyl (C=O) groups is 2. The van der Waals surface area contributed by atoms with Crippen molar-refractivity contribution in [1.82, 2.24) is 5.32 Å². The molecule has 0 spiro atoms. The predicted octanol–water partition coefficient (Wildman–Crippen LogP) is 1.78. The normalized spacial score (nSPS) is 25.6. The summed E-state index contributed by atoms with van der Waals surface area (Å²) in [7, 11) is 0. The van der Waals surface area contributed by atoms with Crippen molar-refractivity contribution in [3.63, 3.8) is 0 Å². The van der Waals surface area contributed by atoms with Crippen LogP contribution < -0.4 is 5.32 Å². The Morgan fingerprint density at radius 3 is 2.65 bits per heavy atom. The van der Waals surface area contributed by atoms with Gasteiger partial charge in [-0.25, -0.2) is 4.79 Å². The van der Waals surface area contributed by atoms with Gasteiger partial charge >= 0.3 is 5.97 Å². The molecule has 0 aromatic carbocycles. The molecule has 0 radical (unpaired) electrons. The lowest BCUT2D eigenvalue weighted by molar-refractivity contribution is -0.141. The maximum Gasteiger partial charge on any atom is 0.328 e. The minimum Gasteiger partial charge on any atom is -0.464 e. The van der Waals surface area contributed by atoms with Gasteiger partial charge in [0.2, 0.25) is 5.91 Å². The van der Waals surface area contributed by atoms with Crippen molar-refractivity contribution in [2.45, 2.75) is 57.4 Å². The topological polar surface area (TPSA) is 55.4 Å². The summed E-state index contributed by atoms with van der Waals surface area (Å²) in [6.45, 7) is 0.437. The Kier molecular flexibility index (Phi) is 4.40. The zero-order valence-corrected chi connectivity index (χ0v) is 10.2. The Balaban J connectivity index is 1.64. The highest BCUT2D eigenvalue weighted by atomic mass is 16.5. The first-order valence-electron chi connectivity index (χ1n) is 6.71. The van der Waals surface area contributed by atoms with Crippen LogP contribution >= 0.6 is 0 Å². The number of hydrogen-bond acceptors (Lipinski definition) is 3. The van der Waals surface area contributed by atoms with Gasteiger partial charge in [0.05, 0.1) is 6.61 Å². The summed E-state index contributed by atoms with van der Waals surface area (Å²) in [5.41, 5.74) is 0. The van der Waals surface area contributed by atoms with Crippen molar-refractivity contribution in [2.24, 2.45) is 5.92 Å². The van der Waals surface area contributed by atoms with Crippen LogP contribution in [0.2, 0.25) is 0 Å². The van der Waals surface area contributed by atoms with Crippen molar-refractivity contribution in [3.05, 3.63) is 0 Å². The molecule has 1 unspecified atom stereocenters. The first-order chi connectivity index (χ1) is 8.25. The van der Waals surface area contributed by atoms with E-state index in [1.807, 2.05) is 0 Å². The summed E-state index contributed by atoms with van der Waals surface area (Å²) in [6.07, 6.45) is 8.62. The fraction of sp³-hybridized carbons (Fsp3) is 0.846. The molecule has 1 saturated heterocycles. The first kappa shape index (κ1) is 12.4. The minimum absolute atomic E-state index is 0.000534. The van der Waals surface area contributed by atoms with E-state index in [2.05, 4.69) is 5.32 Å². The Hall–Kier alpha value is -1.06. The lowest BCUT2D eigenvalue weighted by Gasteiger charge is -2.21. The van der Waals surface area contributed by atoms with E-state index in [1.165, 1.54) is 32.1 Å². The number of cyclic esters (lactones) is 1. The van der Waals surface area contributed by atoms with Crippen molar-refractivity contribution < 1.29 is 14.3 Å². The first-order valence-corrected chi connectivity index (χ1v) is 6.71. The highest BCUT2D eigenvalue weighted by Crippen LogP contribution is 2.27. The largest absolute Gasteiger partial charge is 0.464 e. The van der Waals surface area contributed by atoms with Crippen LogP contribution in [0.4, 0.5) is 0 Å². The minimum atomic E-state index is -0.395. The molecule has 0 bridgehead atoms. The van der Waals surface area contributed by atoms with E-state index >= 15 is 0 Å². The molecule has 1 heterocycles. The SMILES string of the molecule is O=C(CCC1CCCCC1)NC1CCOC1=O. The Morgan fingerprint density at radius 1 is 1.24 bits per heavy atom. The molecule has 1 saturated carbocycles. The van der Waals surface area contributed by atoms with E-state index in [-0.39, 0.29) is 11.9 Å². The van der Waals surface area contributed by atoms with Crippen molar-refractivity contribution in [2.75, 3.05) is 6.61 Å². The lowest BCUT2D eigenvalue weighted by Crippen LogP contribution is -2.38. The highest BCUT2D eigenvalue weighted by Gasteiger charge is 2.27. The number of rotatable bonds is 4. The van der Waals surface area contributed by atoms with Crippen LogP contribution in [0, 0.1) is 5.92 Å². The molecule has 4 nitrogen and oxygen atoms in total. The Morgan fingerprint density at radius 2 is 2.00 bits per heavy atom. The van der Waals surface area contributed by atoms with Crippen LogP contribution in [-0.4, -0.2) is 24.5 Å². The van der Waals surface area contributed by atoms with Crippen LogP contribution in [0.25, 0.3) is 0 Å². The zero-order chi connectivity index (χ0) is 12.1. The van der Waals surface area contributed by atoms with Gasteiger partial charge in [0.25, 0.3) is 0 Å². The van der Waals surface area contributed by atoms with E-state index in [1.54, 1.807) is 0 Å². The molecule has 2 rings (SSSR count). The molecule has 4 heteroatoms. The maximum absolute atomic E-state index is 11.7. The predicted molar refractivity (Wildman–Crippen MR) is 63.3 cm³/mol. The van der Waals surface area contributed by atoms with Gasteiger partial charge in [-0.2, -0.15) is 0 Å². The summed E-state index contributed by atoms with van der Waals surface area (Å²) in [5.74, 6) is 0.431. The van der Waals surface area contributed by atoms with Gasteiger partial charge in [-0.1, -0.05) is 32.1 Å². The highest BCUT2D eigenvalue weighted by molar-refractivity contribution is 5.85. The molecule has 0 aromatic heterocycles. The van der Waals surface area contributed by atoms with Gasteiger partial charge in [-0.05, 0) is 12.3 Å². The molecule has 96 valence electrons. The second-order valence-corrected chi connectivity index (χ2v) is 5.12. The average Bonchev–Trinajstić information content (AvgIpc) is 2.74. The summed E-state index contributed by atoms with van der Waals surface area (Å²) < 4.78 is 4.81. The van der Waals surface area contributed by atoms with Gasteiger partial charge in [-0.3, -0.25) is 4.79 Å². The molecular formula is C13H21NO3. The van der Waals surface area contributed by atoms with Crippen molar-refractivity contribution >= 4 is 11.9 Å². The number of nitrogens with one attached hydrogen (secondary N) is 1. The molecule has 1 N–H and O–H groups in total. The monoisotopic (exact) mass is 239 g/mol. The van der Waals surface area contributed by atoms with E-state index in [4.69, 9.17) is 4.74 Å². The Labute approximate surface area is 102 Å². The van der Waals surface area contributed by atoms with Gasteiger partial charge in [0.15, 0.2) is 0 Å². The summed E-state index contributed by atoms with van der Waals surface area (Å²) in [4.78, 5) is 22.8. The molecule has 2 aliphatic rings. The zero-order valence-electron chi connectivity index (χ0n) is 10.2. The molecule has 1 amide bonds. The second kappa shape index (κ2) is 6.03. The standard InChI is InChI=1S/C13H21NO3/c15-12(14-11-8-9-17-13(11)16)7-6-10-4-2-1-3-5-10/h10-11H,1-9H2,(H,14,15). The van der Waals surface area contributed by atoms with E-state index in [0.717, 1.165) is 6.42 Å². The molecule has 1 atom stereocenters. The molecule has 17 heavy (non-hydrogen) atoms. The number of carbonyl (C=O) groups excluding carboxylic acids is 2. The maximum atomic E-state index is 11.7. The van der Waals surface area contributed by atoms with Gasteiger partial charge in [-0.15, -0.1) is 0 Å². The number of ether oxygens (including phenoxy) is 1. The number of esters is 1. The average molecular weight is 239 g/mol. The van der Waals surface area contributed by atoms with Crippen LogP contribution in [0.5, 0.6) is 0 Å². The van der Waals surface area contributed by atoms with E-state index in [9.17, 15) is 9.59 Å². The molecule has 1 aliphatic heterocycles. The fourth-order valence-electron chi connectivity index (χ4n) is 2.70. The van der Waals surface area contributed by atoms with Gasteiger partial charge in [0, 0.05) is 12.8 Å². The summed E-state index contributed by atoms with van der Waals surface area (Å²) in [6, 6.07) is -0.395. The fourth-order valence-corrected chi connectivity index (χ4v) is 2.70. The summed E-state index contributed by atoms with van der Waals surface area (Å²) >= 11 is 0.